The largest absolute Gasteiger partial charge is 0.488 e. The third-order valence-electron chi connectivity index (χ3n) is 3.53. The third-order valence-corrected chi connectivity index (χ3v) is 4.88. The van der Waals surface area contributed by atoms with Crippen LogP contribution < -0.4 is 4.74 Å². The van der Waals surface area contributed by atoms with E-state index in [1.807, 2.05) is 12.1 Å². The van der Waals surface area contributed by atoms with Crippen LogP contribution in [0.25, 0.3) is 6.08 Å². The number of carboxylic acids is 1. The van der Waals surface area contributed by atoms with Crippen molar-refractivity contribution in [3.05, 3.63) is 74.4 Å². The molecule has 3 rings (SSSR count). The maximum absolute atomic E-state index is 11.7. The molecule has 0 aliphatic carbocycles. The fourth-order valence-electron chi connectivity index (χ4n) is 2.29. The number of hydrogen-bond donors (Lipinski definition) is 2. The number of aromatic amines is 1. The molecule has 1 heterocycles. The maximum atomic E-state index is 11.7. The minimum atomic E-state index is -1.10. The van der Waals surface area contributed by atoms with E-state index in [1.165, 1.54) is 6.08 Å². The van der Waals surface area contributed by atoms with Crippen molar-refractivity contribution < 1.29 is 14.6 Å². The van der Waals surface area contributed by atoms with Crippen molar-refractivity contribution in [2.24, 2.45) is 0 Å². The van der Waals surface area contributed by atoms with Gasteiger partial charge in [0.1, 0.15) is 23.1 Å². The van der Waals surface area contributed by atoms with Gasteiger partial charge in [-0.3, -0.25) is 5.10 Å². The lowest BCUT2D eigenvalue weighted by molar-refractivity contribution is -0.131. The Balaban J connectivity index is 1.87. The first-order chi connectivity index (χ1) is 13.4. The summed E-state index contributed by atoms with van der Waals surface area (Å²) in [5, 5.41) is 17.6. The SMILES string of the molecule is Cc1nc(S/C(=C\c2cc(Cl)ccc2OCc2cccc(Cl)c2)C(=O)O)n[nH]1. The fraction of sp³-hybridized carbons (Fsp3) is 0.105. The lowest BCUT2D eigenvalue weighted by Crippen LogP contribution is -2.00. The highest BCUT2D eigenvalue weighted by Gasteiger charge is 2.15. The van der Waals surface area contributed by atoms with Crippen molar-refractivity contribution in [3.63, 3.8) is 0 Å². The molecule has 0 aliphatic heterocycles. The number of H-pyrrole nitrogens is 1. The summed E-state index contributed by atoms with van der Waals surface area (Å²) in [5.41, 5.74) is 1.42. The van der Waals surface area contributed by atoms with Gasteiger partial charge in [0.2, 0.25) is 5.16 Å². The molecular weight excluding hydrogens is 421 g/mol. The Morgan fingerprint density at radius 3 is 2.71 bits per heavy atom. The van der Waals surface area contributed by atoms with Crippen LogP contribution in [-0.2, 0) is 11.4 Å². The number of carboxylic acid groups (broad SMARTS) is 1. The summed E-state index contributed by atoms with van der Waals surface area (Å²) in [6.07, 6.45) is 1.48. The molecule has 0 saturated carbocycles. The quantitative estimate of drug-likeness (QED) is 0.390. The molecular formula is C19H15Cl2N3O3S. The van der Waals surface area contributed by atoms with Crippen molar-refractivity contribution in [1.82, 2.24) is 15.2 Å². The monoisotopic (exact) mass is 435 g/mol. The lowest BCUT2D eigenvalue weighted by atomic mass is 10.2. The van der Waals surface area contributed by atoms with Gasteiger partial charge in [-0.25, -0.2) is 9.78 Å². The summed E-state index contributed by atoms with van der Waals surface area (Å²) in [7, 11) is 0. The Hall–Kier alpha value is -2.48. The van der Waals surface area contributed by atoms with Crippen LogP contribution in [0.2, 0.25) is 10.0 Å². The van der Waals surface area contributed by atoms with E-state index < -0.39 is 5.97 Å². The van der Waals surface area contributed by atoms with E-state index in [-0.39, 0.29) is 11.5 Å². The fourth-order valence-corrected chi connectivity index (χ4v) is 3.43. The molecule has 9 heteroatoms. The number of aromatic nitrogens is 3. The van der Waals surface area contributed by atoms with E-state index in [4.69, 9.17) is 27.9 Å². The van der Waals surface area contributed by atoms with Crippen LogP contribution in [0.15, 0.2) is 52.5 Å². The van der Waals surface area contributed by atoms with E-state index in [0.29, 0.717) is 32.3 Å². The molecule has 0 aliphatic rings. The average Bonchev–Trinajstić information content (AvgIpc) is 3.05. The van der Waals surface area contributed by atoms with Crippen LogP contribution in [0.3, 0.4) is 0 Å². The van der Waals surface area contributed by atoms with Gasteiger partial charge in [0.05, 0.1) is 0 Å². The van der Waals surface area contributed by atoms with Crippen molar-refractivity contribution in [2.45, 2.75) is 18.7 Å². The zero-order valence-electron chi connectivity index (χ0n) is 14.6. The van der Waals surface area contributed by atoms with Crippen LogP contribution in [0.1, 0.15) is 17.0 Å². The topological polar surface area (TPSA) is 88.1 Å². The van der Waals surface area contributed by atoms with Crippen molar-refractivity contribution >= 4 is 47.0 Å². The summed E-state index contributed by atoms with van der Waals surface area (Å²) >= 11 is 13.0. The summed E-state index contributed by atoms with van der Waals surface area (Å²) in [4.78, 5) is 15.8. The molecule has 0 fully saturated rings. The Bertz CT molecular complexity index is 1040. The first kappa shape index (κ1) is 20.3. The molecule has 0 spiro atoms. The van der Waals surface area contributed by atoms with Crippen molar-refractivity contribution in [1.29, 1.82) is 0 Å². The van der Waals surface area contributed by atoms with Crippen LogP contribution >= 0.6 is 35.0 Å². The number of rotatable bonds is 7. The predicted molar refractivity (Wildman–Crippen MR) is 110 cm³/mol. The first-order valence-corrected chi connectivity index (χ1v) is 9.66. The van der Waals surface area contributed by atoms with Crippen molar-refractivity contribution in [3.8, 4) is 5.75 Å². The smallest absolute Gasteiger partial charge is 0.342 e. The second-order valence-corrected chi connectivity index (χ2v) is 7.60. The molecule has 3 aromatic rings. The molecule has 0 radical (unpaired) electrons. The highest BCUT2D eigenvalue weighted by atomic mass is 35.5. The normalized spacial score (nSPS) is 11.5. The van der Waals surface area contributed by atoms with Gasteiger partial charge in [0, 0.05) is 15.6 Å². The van der Waals surface area contributed by atoms with Gasteiger partial charge < -0.3 is 9.84 Å². The molecule has 0 amide bonds. The Labute approximate surface area is 175 Å². The van der Waals surface area contributed by atoms with Gasteiger partial charge in [0.25, 0.3) is 0 Å². The molecule has 0 saturated heterocycles. The highest BCUT2D eigenvalue weighted by Crippen LogP contribution is 2.31. The summed E-state index contributed by atoms with van der Waals surface area (Å²) in [6.45, 7) is 2.01. The number of aliphatic carboxylic acids is 1. The minimum Gasteiger partial charge on any atom is -0.488 e. The molecule has 1 aromatic heterocycles. The molecule has 0 bridgehead atoms. The maximum Gasteiger partial charge on any atom is 0.342 e. The average molecular weight is 436 g/mol. The molecule has 6 nitrogen and oxygen atoms in total. The molecule has 2 aromatic carbocycles. The van der Waals surface area contributed by atoms with Crippen LogP contribution in [0, 0.1) is 6.92 Å². The van der Waals surface area contributed by atoms with Crippen LogP contribution in [0.5, 0.6) is 5.75 Å². The van der Waals surface area contributed by atoms with Gasteiger partial charge in [-0.2, -0.15) is 0 Å². The zero-order chi connectivity index (χ0) is 20.1. The number of aryl methyl sites for hydroxylation is 1. The second-order valence-electron chi connectivity index (χ2n) is 5.72. The standard InChI is InChI=1S/C19H15Cl2N3O3S/c1-11-22-19(24-23-11)28-17(18(25)26)9-13-8-15(21)5-6-16(13)27-10-12-3-2-4-14(20)7-12/h2-9H,10H2,1H3,(H,25,26)(H,22,23,24)/b17-9-. The van der Waals surface area contributed by atoms with E-state index in [2.05, 4.69) is 15.2 Å². The van der Waals surface area contributed by atoms with E-state index in [1.54, 1.807) is 37.3 Å². The van der Waals surface area contributed by atoms with E-state index in [0.717, 1.165) is 17.3 Å². The molecule has 2 N–H and O–H groups in total. The summed E-state index contributed by atoms with van der Waals surface area (Å²) in [5.74, 6) is -0.0105. The van der Waals surface area contributed by atoms with E-state index >= 15 is 0 Å². The Morgan fingerprint density at radius 2 is 2.04 bits per heavy atom. The van der Waals surface area contributed by atoms with Crippen LogP contribution in [0.4, 0.5) is 0 Å². The number of benzene rings is 2. The lowest BCUT2D eigenvalue weighted by Gasteiger charge is -2.11. The van der Waals surface area contributed by atoms with Gasteiger partial charge >= 0.3 is 5.97 Å². The second kappa shape index (κ2) is 9.14. The summed E-state index contributed by atoms with van der Waals surface area (Å²) < 4.78 is 5.87. The zero-order valence-corrected chi connectivity index (χ0v) is 17.0. The molecule has 28 heavy (non-hydrogen) atoms. The molecule has 0 atom stereocenters. The van der Waals surface area contributed by atoms with Gasteiger partial charge in [-0.1, -0.05) is 35.3 Å². The van der Waals surface area contributed by atoms with Gasteiger partial charge in [0.15, 0.2) is 0 Å². The number of hydrogen-bond acceptors (Lipinski definition) is 5. The Kier molecular flexibility index (Phi) is 6.61. The predicted octanol–water partition coefficient (Wildman–Crippen LogP) is 5.22. The first-order valence-electron chi connectivity index (χ1n) is 8.09. The summed E-state index contributed by atoms with van der Waals surface area (Å²) in [6, 6.07) is 12.3. The Morgan fingerprint density at radius 1 is 1.25 bits per heavy atom. The third kappa shape index (κ3) is 5.51. The number of thioether (sulfide) groups is 1. The highest BCUT2D eigenvalue weighted by molar-refractivity contribution is 8.04. The molecule has 144 valence electrons. The van der Waals surface area contributed by atoms with Crippen molar-refractivity contribution in [2.75, 3.05) is 0 Å². The number of ether oxygens (including phenoxy) is 1. The van der Waals surface area contributed by atoms with Gasteiger partial charge in [-0.15, -0.1) is 5.10 Å². The van der Waals surface area contributed by atoms with Gasteiger partial charge in [-0.05, 0) is 60.7 Å². The number of nitrogens with one attached hydrogen (secondary N) is 1. The minimum absolute atomic E-state index is 0.0360. The van der Waals surface area contributed by atoms with E-state index in [9.17, 15) is 9.90 Å². The molecule has 0 unspecified atom stereocenters. The number of nitrogens with zero attached hydrogens (tertiary/aromatic N) is 2. The number of carbonyl (C=O) groups is 1. The van der Waals surface area contributed by atoms with Crippen LogP contribution in [-0.4, -0.2) is 26.3 Å². The number of halogens is 2.